The third-order valence-electron chi connectivity index (χ3n) is 7.95. The van der Waals surface area contributed by atoms with Gasteiger partial charge in [-0.05, 0) is 307 Å². The Kier molecular flexibility index (Phi) is 101. The summed E-state index contributed by atoms with van der Waals surface area (Å²) in [7, 11) is 172. The molecule has 0 N–H and O–H groups in total. The fraction of sp³-hybridized carbons (Fsp3) is 0. The summed E-state index contributed by atoms with van der Waals surface area (Å²) in [6.07, 6.45) is 0. The van der Waals surface area contributed by atoms with Gasteiger partial charge in [0, 0.05) is 0 Å². The zero-order chi connectivity index (χ0) is 71.4. The van der Waals surface area contributed by atoms with E-state index in [4.69, 9.17) is 0 Å². The molecule has 0 fully saturated rings. The van der Waals surface area contributed by atoms with Crippen LogP contribution < -0.4 is 0 Å². The SMILES string of the molecule is PP(P)P(P(P)P)P(P(P)P)P(P(P(P(P)P)P(P)P)P(P(P)P)P(P)P)P(P(P(P(P(P)P)P(P)P)P(P(P)P)P(P)P)P(P(P(P)P)P(P)P)P(P(P)P)P(P)P)P(P(P(P(P)P)P(P)P)P(P(P)P)P(P)P)P(P(P(P)P)P(P)P)P(P(P)P)P(P)P. The lowest BCUT2D eigenvalue weighted by Gasteiger charge is -2.63. The summed E-state index contributed by atoms with van der Waals surface area (Å²) >= 11 is 0. The van der Waals surface area contributed by atoms with Gasteiger partial charge in [-0.15, -0.1) is 411 Å². The molecule has 0 amide bonds. The van der Waals surface area contributed by atoms with Crippen molar-refractivity contribution in [1.82, 2.24) is 0 Å². The molecule has 0 aromatic rings. The van der Waals surface area contributed by atoms with Crippen LogP contribution in [0.25, 0.3) is 0 Å². The predicted octanol–water partition coefficient (Wildman–Crippen LogP) is 52.9. The van der Waals surface area contributed by atoms with E-state index < -0.39 is 189 Å². The molecule has 0 aliphatic carbocycles. The molecule has 0 aromatic carbocycles. The first-order valence-corrected chi connectivity index (χ1v) is 184. The van der Waals surface area contributed by atoms with Gasteiger partial charge in [-0.1, -0.05) is 0 Å². The Bertz CT molecular complexity index is 1450. The van der Waals surface area contributed by atoms with Gasteiger partial charge in [0.05, 0.1) is 0 Å². The van der Waals surface area contributed by atoms with Crippen molar-refractivity contribution in [1.29, 1.82) is 0 Å². The highest BCUT2D eigenvalue weighted by Crippen LogP contribution is 3.53. The maximum absolute atomic E-state index is 3.90. The average molecular weight is 2880 g/mol. The van der Waals surface area contributed by atoms with Crippen LogP contribution in [0.15, 0.2) is 0 Å². The molecule has 48 unspecified atom stereocenters. The van der Waals surface area contributed by atoms with Crippen molar-refractivity contribution in [2.45, 2.75) is 0 Å². The minimum Gasteiger partial charge on any atom is -0.102 e. The maximum Gasteiger partial charge on any atom is -0.00000155 e. The second-order valence-electron chi connectivity index (χ2n) is 14.4. The highest BCUT2D eigenvalue weighted by molar-refractivity contribution is 9.59. The van der Waals surface area contributed by atoms with Crippen LogP contribution in [0, 0.1) is 0 Å². The van der Waals surface area contributed by atoms with Gasteiger partial charge in [-0.25, -0.2) is 0 Å². The van der Waals surface area contributed by atoms with Crippen molar-refractivity contribution in [2.75, 3.05) is 0 Å². The Morgan fingerprint density at radius 2 is 0.100 bits per heavy atom. The first kappa shape index (κ1) is 129. The summed E-state index contributed by atoms with van der Waals surface area (Å²) in [5.41, 5.74) is 0. The van der Waals surface area contributed by atoms with E-state index in [0.717, 1.165) is 0 Å². The van der Waals surface area contributed by atoms with E-state index in [1.807, 2.05) is 0 Å². The fourth-order valence-electron chi connectivity index (χ4n) is 5.53. The Hall–Kier alpha value is 38.7. The Balaban J connectivity index is 13.7. The lowest BCUT2D eigenvalue weighted by Crippen LogP contribution is -1.76. The predicted molar refractivity (Wildman–Crippen MR) is 751 cm³/mol. The molecule has 0 aromatic heterocycles. The molecule has 0 nitrogen and oxygen atoms in total. The standard InChI is InChI=1S/H92P90/c1-47(2)70(48(3)4)81(69(45)46)87(82(71(49(5)6)50(7)8)72(51(9)10)52(11)12)90(88(83(73(53(13)14)54(15)16)74(55(17)18)56(19)20)84(75(57(21)22)58(23)24)76(59(25)26)60(27)28)89(85(77(61(29)30)62(31)32)78(63(33)34)64(35)36)86(79(65(37)38)66(39)40)80(67(41)42)68(43)44/h1-46H2. The summed E-state index contributed by atoms with van der Waals surface area (Å²) < 4.78 is 0. The van der Waals surface area contributed by atoms with Gasteiger partial charge in [0.2, 0.25) is 0 Å². The monoisotopic (exact) mass is 2880 g/mol. The smallest absolute Gasteiger partial charge is 0.00000155 e. The first-order chi connectivity index (χ1) is 40.9. The first-order valence-electron chi connectivity index (χ1n) is 20.5. The molecule has 0 saturated carbocycles. The van der Waals surface area contributed by atoms with Gasteiger partial charge in [-0.3, -0.25) is 0 Å². The van der Waals surface area contributed by atoms with Crippen LogP contribution in [0.3, 0.4) is 0 Å². The van der Waals surface area contributed by atoms with Gasteiger partial charge in [-0.2, -0.15) is 0 Å². The minimum atomic E-state index is -0.566. The van der Waals surface area contributed by atoms with E-state index >= 15 is 0 Å². The molecule has 0 saturated heterocycles. The van der Waals surface area contributed by atoms with Gasteiger partial charge in [0.1, 0.15) is 0 Å². The molecule has 0 bridgehead atoms. The van der Waals surface area contributed by atoms with Gasteiger partial charge in [0.15, 0.2) is 0 Å². The van der Waals surface area contributed by atoms with E-state index in [0.29, 0.717) is 0 Å². The largest absolute Gasteiger partial charge is 0.102 e. The van der Waals surface area contributed by atoms with E-state index in [1.165, 1.54) is 0 Å². The van der Waals surface area contributed by atoms with E-state index in [9.17, 15) is 0 Å². The molecule has 0 spiro atoms. The van der Waals surface area contributed by atoms with E-state index in [2.05, 4.69) is 411 Å². The van der Waals surface area contributed by atoms with Crippen molar-refractivity contribution in [3.8, 4) is 0 Å². The zero-order valence-corrected chi connectivity index (χ0v) is 139. The zero-order valence-electron chi connectivity index (χ0n) is 46.2. The van der Waals surface area contributed by atoms with Crippen LogP contribution >= 0.6 is 718 Å². The van der Waals surface area contributed by atoms with Crippen LogP contribution in [0.4, 0.5) is 0 Å². The van der Waals surface area contributed by atoms with Gasteiger partial charge < -0.3 is 0 Å². The molecule has 542 valence electrons. The quantitative estimate of drug-likeness (QED) is 0.0534. The summed E-state index contributed by atoms with van der Waals surface area (Å²) in [5.74, 6) is 0. The van der Waals surface area contributed by atoms with E-state index in [1.54, 1.807) is 0 Å². The average Bonchev–Trinajstić information content (AvgIpc) is 3.30. The molecular weight excluding hydrogens is 2790 g/mol. The molecule has 0 aliphatic rings. The van der Waals surface area contributed by atoms with Crippen LogP contribution in [0.2, 0.25) is 0 Å². The Morgan fingerprint density at radius 3 is 0.167 bits per heavy atom. The van der Waals surface area contributed by atoms with Crippen molar-refractivity contribution >= 4 is 718 Å². The third-order valence-corrected chi connectivity index (χ3v) is 644. The minimum absolute atomic E-state index is 0.346. The lowest BCUT2D eigenvalue weighted by atomic mass is 28.4. The molecule has 0 radical (unpaired) electrons. The summed E-state index contributed by atoms with van der Waals surface area (Å²) in [4.78, 5) is 0. The summed E-state index contributed by atoms with van der Waals surface area (Å²) in [5, 5.41) is 0. The van der Waals surface area contributed by atoms with Crippen molar-refractivity contribution in [3.63, 3.8) is 0 Å². The molecule has 90 heteroatoms. The van der Waals surface area contributed by atoms with Gasteiger partial charge >= 0.3 is 0 Å². The maximum atomic E-state index is 3.90. The topological polar surface area (TPSA) is 0 Å². The lowest BCUT2D eigenvalue weighted by molar-refractivity contribution is 4.30. The Morgan fingerprint density at radius 1 is 0.0556 bits per heavy atom. The molecule has 48 atom stereocenters. The van der Waals surface area contributed by atoms with Crippen molar-refractivity contribution in [3.05, 3.63) is 0 Å². The van der Waals surface area contributed by atoms with Crippen LogP contribution in [-0.2, 0) is 0 Å². The van der Waals surface area contributed by atoms with Crippen molar-refractivity contribution in [2.24, 2.45) is 0 Å². The highest BCUT2D eigenvalue weighted by Gasteiger charge is 2.66. The van der Waals surface area contributed by atoms with Gasteiger partial charge in [0.25, 0.3) is 0 Å². The Labute approximate surface area is 706 Å². The van der Waals surface area contributed by atoms with Crippen LogP contribution in [-0.4, -0.2) is 0 Å². The van der Waals surface area contributed by atoms with Crippen LogP contribution in [0.5, 0.6) is 0 Å². The number of hydrogen-bond acceptors (Lipinski definition) is 0. The molecule has 0 aliphatic heterocycles. The fourth-order valence-corrected chi connectivity index (χ4v) is 1340. The highest BCUT2D eigenvalue weighted by atomic mass is 33.6. The molecule has 90 heavy (non-hydrogen) atoms. The summed E-state index contributed by atoms with van der Waals surface area (Å²) in [6, 6.07) is 0. The van der Waals surface area contributed by atoms with Crippen molar-refractivity contribution < 1.29 is 0 Å². The molecular formula is H92P90. The summed E-state index contributed by atoms with van der Waals surface area (Å²) in [6.45, 7) is -17.8. The second-order valence-corrected chi connectivity index (χ2v) is 388. The second kappa shape index (κ2) is 70.4. The normalized spacial score (nSPS) is 15.3. The number of hydrogen-bond donors (Lipinski definition) is 0. The number of rotatable bonds is 43. The van der Waals surface area contributed by atoms with Crippen LogP contribution in [0.1, 0.15) is 0 Å². The van der Waals surface area contributed by atoms with E-state index in [-0.39, 0.29) is 119 Å². The molecule has 0 heterocycles. The third kappa shape index (κ3) is 45.1. The molecule has 0 rings (SSSR count).